The largest absolute Gasteiger partial charge is 0.345 e. The number of nitrogens with one attached hydrogen (secondary N) is 1. The quantitative estimate of drug-likeness (QED) is 0.827. The van der Waals surface area contributed by atoms with Crippen molar-refractivity contribution in [3.63, 3.8) is 0 Å². The Bertz CT molecular complexity index is 592. The molecule has 94 valence electrons. The number of rotatable bonds is 4. The minimum absolute atomic E-state index is 0.0313. The van der Waals surface area contributed by atoms with Crippen molar-refractivity contribution in [1.29, 1.82) is 15.8 Å². The van der Waals surface area contributed by atoms with Gasteiger partial charge in [-0.25, -0.2) is 0 Å². The van der Waals surface area contributed by atoms with E-state index in [0.717, 1.165) is 11.3 Å². The molecule has 0 aliphatic carbocycles. The first-order valence-corrected chi connectivity index (χ1v) is 5.56. The van der Waals surface area contributed by atoms with Crippen molar-refractivity contribution in [1.82, 2.24) is 4.90 Å². The highest BCUT2D eigenvalue weighted by Crippen LogP contribution is 2.19. The Morgan fingerprint density at radius 3 is 2.26 bits per heavy atom. The standard InChI is InChI=1S/C14H13N5/c1-19(2)10-11-5-3-4-6-13(11)18-14(9-17)12(7-15)8-16/h3-6,18H,10H2,1-2H3. The van der Waals surface area contributed by atoms with Crippen LogP contribution >= 0.6 is 0 Å². The normalized spacial score (nSPS) is 9.05. The molecule has 0 radical (unpaired) electrons. The fourth-order valence-electron chi connectivity index (χ4n) is 1.54. The number of benzene rings is 1. The summed E-state index contributed by atoms with van der Waals surface area (Å²) < 4.78 is 0. The Hall–Kier alpha value is -2.81. The first-order chi connectivity index (χ1) is 9.12. The molecule has 0 saturated heterocycles. The Labute approximate surface area is 112 Å². The molecule has 1 rings (SSSR count). The summed E-state index contributed by atoms with van der Waals surface area (Å²) in [7, 11) is 3.88. The van der Waals surface area contributed by atoms with Crippen LogP contribution in [0.25, 0.3) is 0 Å². The van der Waals surface area contributed by atoms with Gasteiger partial charge < -0.3 is 10.2 Å². The molecule has 1 N–H and O–H groups in total. The number of hydrogen-bond donors (Lipinski definition) is 1. The van der Waals surface area contributed by atoms with Gasteiger partial charge in [-0.2, -0.15) is 15.8 Å². The highest BCUT2D eigenvalue weighted by Gasteiger charge is 2.09. The van der Waals surface area contributed by atoms with Crippen LogP contribution in [0.1, 0.15) is 5.56 Å². The molecule has 19 heavy (non-hydrogen) atoms. The van der Waals surface area contributed by atoms with Gasteiger partial charge in [0, 0.05) is 12.2 Å². The van der Waals surface area contributed by atoms with Crippen molar-refractivity contribution in [2.75, 3.05) is 19.4 Å². The summed E-state index contributed by atoms with van der Waals surface area (Å²) in [5.41, 5.74) is 1.45. The number of allylic oxidation sites excluding steroid dienone is 2. The van der Waals surface area contributed by atoms with E-state index in [1.807, 2.05) is 49.3 Å². The Kier molecular flexibility index (Phi) is 5.11. The van der Waals surface area contributed by atoms with Crippen molar-refractivity contribution in [2.45, 2.75) is 6.54 Å². The van der Waals surface area contributed by atoms with E-state index in [0.29, 0.717) is 6.54 Å². The van der Waals surface area contributed by atoms with Crippen LogP contribution in [-0.2, 0) is 6.54 Å². The Balaban J connectivity index is 3.14. The molecule has 0 saturated carbocycles. The van der Waals surface area contributed by atoms with Crippen LogP contribution in [0.5, 0.6) is 0 Å². The first kappa shape index (κ1) is 14.3. The summed E-state index contributed by atoms with van der Waals surface area (Å²) in [4.78, 5) is 1.99. The maximum Gasteiger partial charge on any atom is 0.163 e. The molecule has 0 aromatic heterocycles. The third-order valence-electron chi connectivity index (χ3n) is 2.35. The van der Waals surface area contributed by atoms with Crippen molar-refractivity contribution >= 4 is 5.69 Å². The number of nitrogens with zero attached hydrogens (tertiary/aromatic N) is 4. The van der Waals surface area contributed by atoms with Crippen LogP contribution in [0.15, 0.2) is 35.5 Å². The molecule has 0 spiro atoms. The van der Waals surface area contributed by atoms with Gasteiger partial charge in [0.25, 0.3) is 0 Å². The second-order valence-electron chi connectivity index (χ2n) is 4.11. The van der Waals surface area contributed by atoms with Gasteiger partial charge in [0.1, 0.15) is 23.9 Å². The molecular weight excluding hydrogens is 238 g/mol. The summed E-state index contributed by atoms with van der Waals surface area (Å²) in [5.74, 6) is 0. The molecule has 0 fully saturated rings. The summed E-state index contributed by atoms with van der Waals surface area (Å²) in [5, 5.41) is 29.4. The van der Waals surface area contributed by atoms with E-state index in [1.54, 1.807) is 12.1 Å². The van der Waals surface area contributed by atoms with Gasteiger partial charge in [-0.05, 0) is 25.7 Å². The topological polar surface area (TPSA) is 86.6 Å². The van der Waals surface area contributed by atoms with E-state index >= 15 is 0 Å². The number of hydrogen-bond acceptors (Lipinski definition) is 5. The maximum atomic E-state index is 9.01. The van der Waals surface area contributed by atoms with Crippen LogP contribution in [0.4, 0.5) is 5.69 Å². The average molecular weight is 251 g/mol. The zero-order valence-electron chi connectivity index (χ0n) is 10.8. The second kappa shape index (κ2) is 6.81. The van der Waals surface area contributed by atoms with Gasteiger partial charge in [0.15, 0.2) is 5.57 Å². The third kappa shape index (κ3) is 3.85. The SMILES string of the molecule is CN(C)Cc1ccccc1NC(C#N)=C(C#N)C#N. The van der Waals surface area contributed by atoms with Crippen molar-refractivity contribution < 1.29 is 0 Å². The molecule has 0 heterocycles. The number of anilines is 1. The minimum atomic E-state index is -0.220. The van der Waals surface area contributed by atoms with E-state index in [1.165, 1.54) is 0 Å². The van der Waals surface area contributed by atoms with Gasteiger partial charge in [-0.1, -0.05) is 18.2 Å². The monoisotopic (exact) mass is 251 g/mol. The van der Waals surface area contributed by atoms with Gasteiger partial charge >= 0.3 is 0 Å². The summed E-state index contributed by atoms with van der Waals surface area (Å²) in [6.07, 6.45) is 0. The van der Waals surface area contributed by atoms with E-state index in [4.69, 9.17) is 15.8 Å². The lowest BCUT2D eigenvalue weighted by Crippen LogP contribution is -2.13. The Morgan fingerprint density at radius 2 is 1.74 bits per heavy atom. The zero-order valence-corrected chi connectivity index (χ0v) is 10.8. The molecule has 0 unspecified atom stereocenters. The van der Waals surface area contributed by atoms with Gasteiger partial charge in [-0.15, -0.1) is 0 Å². The number of nitriles is 3. The smallest absolute Gasteiger partial charge is 0.163 e. The predicted octanol–water partition coefficient (Wildman–Crippen LogP) is 1.98. The fraction of sp³-hybridized carbons (Fsp3) is 0.214. The maximum absolute atomic E-state index is 9.01. The molecule has 5 nitrogen and oxygen atoms in total. The van der Waals surface area contributed by atoms with E-state index in [2.05, 4.69) is 5.32 Å². The summed E-state index contributed by atoms with van der Waals surface area (Å²) >= 11 is 0. The lowest BCUT2D eigenvalue weighted by Gasteiger charge is -2.14. The van der Waals surface area contributed by atoms with Gasteiger partial charge in [0.05, 0.1) is 0 Å². The molecule has 5 heteroatoms. The Morgan fingerprint density at radius 1 is 1.11 bits per heavy atom. The van der Waals surface area contributed by atoms with Crippen molar-refractivity contribution in [3.05, 3.63) is 41.1 Å². The minimum Gasteiger partial charge on any atom is -0.345 e. The summed E-state index contributed by atoms with van der Waals surface area (Å²) in [6, 6.07) is 12.7. The third-order valence-corrected chi connectivity index (χ3v) is 2.35. The van der Waals surface area contributed by atoms with Crippen LogP contribution in [0.3, 0.4) is 0 Å². The van der Waals surface area contributed by atoms with Crippen molar-refractivity contribution in [2.24, 2.45) is 0 Å². The van der Waals surface area contributed by atoms with E-state index in [-0.39, 0.29) is 11.3 Å². The molecule has 0 amide bonds. The molecule has 0 atom stereocenters. The lowest BCUT2D eigenvalue weighted by molar-refractivity contribution is 0.403. The second-order valence-corrected chi connectivity index (χ2v) is 4.11. The van der Waals surface area contributed by atoms with Crippen LogP contribution in [0, 0.1) is 34.0 Å². The predicted molar refractivity (Wildman–Crippen MR) is 71.3 cm³/mol. The van der Waals surface area contributed by atoms with E-state index < -0.39 is 0 Å². The van der Waals surface area contributed by atoms with Crippen molar-refractivity contribution in [3.8, 4) is 18.2 Å². The highest BCUT2D eigenvalue weighted by atomic mass is 15.1. The van der Waals surface area contributed by atoms with Crippen LogP contribution in [-0.4, -0.2) is 19.0 Å². The zero-order chi connectivity index (χ0) is 14.3. The number of para-hydroxylation sites is 1. The van der Waals surface area contributed by atoms with Crippen LogP contribution in [0.2, 0.25) is 0 Å². The molecule has 1 aromatic carbocycles. The van der Waals surface area contributed by atoms with Gasteiger partial charge in [-0.3, -0.25) is 0 Å². The average Bonchev–Trinajstić information content (AvgIpc) is 2.40. The molecular formula is C14H13N5. The van der Waals surface area contributed by atoms with E-state index in [9.17, 15) is 0 Å². The molecule has 1 aromatic rings. The molecule has 0 aliphatic heterocycles. The molecule has 0 aliphatic rings. The lowest BCUT2D eigenvalue weighted by atomic mass is 10.1. The fourth-order valence-corrected chi connectivity index (χ4v) is 1.54. The highest BCUT2D eigenvalue weighted by molar-refractivity contribution is 5.61. The first-order valence-electron chi connectivity index (χ1n) is 5.56. The molecule has 0 bridgehead atoms. The van der Waals surface area contributed by atoms with Crippen LogP contribution < -0.4 is 5.32 Å². The summed E-state index contributed by atoms with van der Waals surface area (Å²) in [6.45, 7) is 0.691. The van der Waals surface area contributed by atoms with Gasteiger partial charge in [0.2, 0.25) is 0 Å².